The van der Waals surface area contributed by atoms with Crippen molar-refractivity contribution < 1.29 is 0 Å². The highest BCUT2D eigenvalue weighted by molar-refractivity contribution is 5.95. The van der Waals surface area contributed by atoms with Gasteiger partial charge >= 0.3 is 0 Å². The molecule has 2 heteroatoms. The molecule has 0 bridgehead atoms. The molecule has 0 spiro atoms. The topological polar surface area (TPSA) is 25.2 Å². The van der Waals surface area contributed by atoms with Crippen molar-refractivity contribution in [2.24, 2.45) is 4.99 Å². The Morgan fingerprint density at radius 1 is 1.00 bits per heavy atom. The summed E-state index contributed by atoms with van der Waals surface area (Å²) in [6, 6.07) is 15.0. The van der Waals surface area contributed by atoms with Crippen molar-refractivity contribution in [3.63, 3.8) is 0 Å². The molecule has 2 aromatic carbocycles. The third kappa shape index (κ3) is 2.57. The van der Waals surface area contributed by atoms with E-state index in [2.05, 4.69) is 59.4 Å². The van der Waals surface area contributed by atoms with Gasteiger partial charge in [-0.25, -0.2) is 0 Å². The highest BCUT2D eigenvalue weighted by atomic mass is 14.7. The predicted octanol–water partition coefficient (Wildman–Crippen LogP) is 4.57. The molecule has 0 amide bonds. The van der Waals surface area contributed by atoms with Crippen LogP contribution in [0.25, 0.3) is 21.9 Å². The van der Waals surface area contributed by atoms with Gasteiger partial charge in [0, 0.05) is 36.1 Å². The zero-order valence-electron chi connectivity index (χ0n) is 12.6. The molecule has 0 aliphatic heterocycles. The fourth-order valence-corrected chi connectivity index (χ4v) is 2.65. The van der Waals surface area contributed by atoms with E-state index in [0.29, 0.717) is 0 Å². The van der Waals surface area contributed by atoms with Crippen LogP contribution in [0, 0.1) is 13.8 Å². The number of rotatable bonds is 2. The molecule has 0 atom stereocenters. The van der Waals surface area contributed by atoms with Crippen LogP contribution in [0.1, 0.15) is 16.8 Å². The summed E-state index contributed by atoms with van der Waals surface area (Å²) in [6.45, 7) is 4.14. The monoisotopic (exact) mass is 274 g/mol. The Bertz CT molecular complexity index is 832. The van der Waals surface area contributed by atoms with Crippen LogP contribution in [0.2, 0.25) is 0 Å². The third-order valence-electron chi connectivity index (χ3n) is 3.75. The van der Waals surface area contributed by atoms with Crippen molar-refractivity contribution in [2.45, 2.75) is 13.8 Å². The van der Waals surface area contributed by atoms with Crippen LogP contribution in [-0.4, -0.2) is 18.2 Å². The molecule has 0 fully saturated rings. The lowest BCUT2D eigenvalue weighted by Gasteiger charge is -2.10. The van der Waals surface area contributed by atoms with Crippen LogP contribution in [0.4, 0.5) is 0 Å². The van der Waals surface area contributed by atoms with Gasteiger partial charge in [-0.2, -0.15) is 0 Å². The molecule has 2 nitrogen and oxygen atoms in total. The summed E-state index contributed by atoms with van der Waals surface area (Å²) < 4.78 is 0. The first-order chi connectivity index (χ1) is 10.2. The lowest BCUT2D eigenvalue weighted by Crippen LogP contribution is -1.92. The number of nitrogens with zero attached hydrogens (tertiary/aromatic N) is 2. The zero-order valence-corrected chi connectivity index (χ0v) is 12.6. The minimum Gasteiger partial charge on any atom is -0.296 e. The Morgan fingerprint density at radius 2 is 1.86 bits per heavy atom. The molecule has 21 heavy (non-hydrogen) atoms. The lowest BCUT2D eigenvalue weighted by molar-refractivity contribution is 1.22. The van der Waals surface area contributed by atoms with Gasteiger partial charge in [0.1, 0.15) is 0 Å². The minimum absolute atomic E-state index is 1.05. The minimum atomic E-state index is 1.05. The highest BCUT2D eigenvalue weighted by Crippen LogP contribution is 2.28. The fraction of sp³-hybridized carbons (Fsp3) is 0.158. The average molecular weight is 274 g/mol. The Labute approximate surface area is 125 Å². The number of pyridine rings is 1. The summed E-state index contributed by atoms with van der Waals surface area (Å²) in [5.74, 6) is 0. The van der Waals surface area contributed by atoms with E-state index in [-0.39, 0.29) is 0 Å². The summed E-state index contributed by atoms with van der Waals surface area (Å²) in [6.07, 6.45) is 3.87. The van der Waals surface area contributed by atoms with E-state index in [1.165, 1.54) is 33.0 Å². The molecule has 3 aromatic rings. The normalized spacial score (nSPS) is 11.4. The molecule has 1 aromatic heterocycles. The van der Waals surface area contributed by atoms with Crippen molar-refractivity contribution in [3.05, 3.63) is 65.5 Å². The smallest absolute Gasteiger partial charge is 0.0379 e. The second-order valence-electron chi connectivity index (χ2n) is 5.31. The summed E-state index contributed by atoms with van der Waals surface area (Å²) in [5.41, 5.74) is 5.87. The van der Waals surface area contributed by atoms with Crippen LogP contribution in [0.5, 0.6) is 0 Å². The first kappa shape index (κ1) is 13.5. The van der Waals surface area contributed by atoms with Gasteiger partial charge in [-0.3, -0.25) is 9.98 Å². The average Bonchev–Trinajstić information content (AvgIpc) is 2.49. The first-order valence-electron chi connectivity index (χ1n) is 7.07. The van der Waals surface area contributed by atoms with E-state index < -0.39 is 0 Å². The Morgan fingerprint density at radius 3 is 2.67 bits per heavy atom. The molecule has 0 N–H and O–H groups in total. The Hall–Kier alpha value is -2.48. The van der Waals surface area contributed by atoms with Gasteiger partial charge in [0.05, 0.1) is 0 Å². The van der Waals surface area contributed by atoms with Crippen molar-refractivity contribution in [1.29, 1.82) is 0 Å². The van der Waals surface area contributed by atoms with E-state index in [0.717, 1.165) is 5.69 Å². The molecule has 1 heterocycles. The van der Waals surface area contributed by atoms with Gasteiger partial charge < -0.3 is 0 Å². The second-order valence-corrected chi connectivity index (χ2v) is 5.31. The lowest BCUT2D eigenvalue weighted by atomic mass is 9.95. The number of aryl methyl sites for hydroxylation is 2. The summed E-state index contributed by atoms with van der Waals surface area (Å²) in [4.78, 5) is 8.58. The van der Waals surface area contributed by atoms with Crippen molar-refractivity contribution in [2.75, 3.05) is 7.05 Å². The molecule has 0 saturated heterocycles. The Balaban J connectivity index is 2.21. The number of benzene rings is 2. The van der Waals surface area contributed by atoms with Crippen LogP contribution in [-0.2, 0) is 0 Å². The van der Waals surface area contributed by atoms with Gasteiger partial charge in [0.25, 0.3) is 0 Å². The molecular weight excluding hydrogens is 256 g/mol. The highest BCUT2D eigenvalue weighted by Gasteiger charge is 2.07. The summed E-state index contributed by atoms with van der Waals surface area (Å²) in [7, 11) is 1.81. The molecule has 0 radical (unpaired) electrons. The predicted molar refractivity (Wildman–Crippen MR) is 90.2 cm³/mol. The van der Waals surface area contributed by atoms with Gasteiger partial charge in [-0.05, 0) is 48.1 Å². The number of fused-ring (bicyclic) bond motifs is 1. The van der Waals surface area contributed by atoms with Gasteiger partial charge in [0.2, 0.25) is 0 Å². The molecular formula is C19H18N2. The van der Waals surface area contributed by atoms with E-state index >= 15 is 0 Å². The van der Waals surface area contributed by atoms with E-state index in [1.807, 2.05) is 26.4 Å². The second kappa shape index (κ2) is 5.49. The number of aliphatic imine (C=N–C) groups is 1. The van der Waals surface area contributed by atoms with Gasteiger partial charge in [-0.1, -0.05) is 30.3 Å². The molecule has 0 aliphatic rings. The maximum Gasteiger partial charge on any atom is 0.0379 e. The van der Waals surface area contributed by atoms with Crippen LogP contribution in [0.3, 0.4) is 0 Å². The molecule has 0 saturated carbocycles. The SMILES string of the molecule is CN=Cc1c(C)cccc1-c1ccc2cc(C)ncc2c1. The van der Waals surface area contributed by atoms with Crippen LogP contribution >= 0.6 is 0 Å². The van der Waals surface area contributed by atoms with E-state index in [1.54, 1.807) is 0 Å². The molecule has 104 valence electrons. The van der Waals surface area contributed by atoms with Crippen molar-refractivity contribution in [1.82, 2.24) is 4.98 Å². The molecule has 0 aliphatic carbocycles. The number of aromatic nitrogens is 1. The number of hydrogen-bond acceptors (Lipinski definition) is 2. The third-order valence-corrected chi connectivity index (χ3v) is 3.75. The van der Waals surface area contributed by atoms with Crippen LogP contribution < -0.4 is 0 Å². The van der Waals surface area contributed by atoms with E-state index in [9.17, 15) is 0 Å². The van der Waals surface area contributed by atoms with Gasteiger partial charge in [-0.15, -0.1) is 0 Å². The van der Waals surface area contributed by atoms with Crippen molar-refractivity contribution in [3.8, 4) is 11.1 Å². The summed E-state index contributed by atoms with van der Waals surface area (Å²) >= 11 is 0. The molecule has 3 rings (SSSR count). The first-order valence-corrected chi connectivity index (χ1v) is 7.07. The maximum absolute atomic E-state index is 4.39. The fourth-order valence-electron chi connectivity index (χ4n) is 2.65. The standard InChI is InChI=1S/C19H18N2/c1-13-5-4-6-18(19(13)12-20-3)16-8-7-15-9-14(2)21-11-17(15)10-16/h4-12H,1-3H3. The van der Waals surface area contributed by atoms with Crippen LogP contribution in [0.15, 0.2) is 53.7 Å². The maximum atomic E-state index is 4.39. The largest absolute Gasteiger partial charge is 0.296 e. The Kier molecular flexibility index (Phi) is 3.53. The zero-order chi connectivity index (χ0) is 14.8. The summed E-state index contributed by atoms with van der Waals surface area (Å²) in [5, 5.41) is 2.39. The number of hydrogen-bond donors (Lipinski definition) is 0. The van der Waals surface area contributed by atoms with Crippen molar-refractivity contribution >= 4 is 17.0 Å². The van der Waals surface area contributed by atoms with E-state index in [4.69, 9.17) is 0 Å². The quantitative estimate of drug-likeness (QED) is 0.628. The molecule has 0 unspecified atom stereocenters. The van der Waals surface area contributed by atoms with Gasteiger partial charge in [0.15, 0.2) is 0 Å².